The van der Waals surface area contributed by atoms with Gasteiger partial charge in [0.25, 0.3) is 5.69 Å². The van der Waals surface area contributed by atoms with Crippen LogP contribution in [0.5, 0.6) is 5.75 Å². The number of nitrogens with zero attached hydrogens (tertiary/aromatic N) is 1. The Labute approximate surface area is 85.3 Å². The summed E-state index contributed by atoms with van der Waals surface area (Å²) in [6.45, 7) is 5.69. The molecule has 0 aliphatic heterocycles. The van der Waals surface area contributed by atoms with Gasteiger partial charge < -0.3 is 5.11 Å². The number of hydrogen-bond donors (Lipinski definition) is 1. The Kier molecular flexibility index (Phi) is 5.10. The fourth-order valence-electron chi connectivity index (χ4n) is 0.866. The van der Waals surface area contributed by atoms with Crippen molar-refractivity contribution in [3.63, 3.8) is 0 Å². The number of aromatic hydroxyl groups is 1. The lowest BCUT2D eigenvalue weighted by Crippen LogP contribution is -2.02. The summed E-state index contributed by atoms with van der Waals surface area (Å²) in [5.41, 5.74) is 0.550. The summed E-state index contributed by atoms with van der Waals surface area (Å²) in [6.07, 6.45) is 0. The zero-order chi connectivity index (χ0) is 11.3. The monoisotopic (exact) mass is 215 g/mol. The molecule has 0 fully saturated rings. The van der Waals surface area contributed by atoms with Gasteiger partial charge in [-0.2, -0.15) is 0 Å². The highest BCUT2D eigenvalue weighted by Gasteiger charge is 2.12. The minimum absolute atomic E-state index is 0.0482. The molecule has 1 unspecified atom stereocenters. The first-order chi connectivity index (χ1) is 6.52. The Morgan fingerprint density at radius 3 is 2.36 bits per heavy atom. The van der Waals surface area contributed by atoms with Crippen LogP contribution in [0.1, 0.15) is 19.4 Å². The third-order valence-electron chi connectivity index (χ3n) is 1.54. The summed E-state index contributed by atoms with van der Waals surface area (Å²) >= 11 is 0. The van der Waals surface area contributed by atoms with Gasteiger partial charge in [0.1, 0.15) is 5.75 Å². The standard InChI is InChI=1S/C7H8NO3P.C2H6/c1-4-2-7(12)5(8(10)11)3-6(4)9;1-2/h2-3,9H,12H2,1H3;1-2H3. The zero-order valence-electron chi connectivity index (χ0n) is 8.44. The molecule has 1 rings (SSSR count). The van der Waals surface area contributed by atoms with E-state index in [1.54, 1.807) is 13.0 Å². The van der Waals surface area contributed by atoms with Crippen LogP contribution in [0.4, 0.5) is 5.69 Å². The summed E-state index contributed by atoms with van der Waals surface area (Å²) in [6, 6.07) is 2.70. The van der Waals surface area contributed by atoms with E-state index in [9.17, 15) is 10.1 Å². The van der Waals surface area contributed by atoms with Crippen molar-refractivity contribution < 1.29 is 10.0 Å². The first-order valence-corrected chi connectivity index (χ1v) is 4.83. The number of aryl methyl sites for hydroxylation is 1. The Balaban J connectivity index is 0.000000791. The molecule has 0 saturated carbocycles. The Bertz CT molecular complexity index is 339. The molecule has 1 aromatic rings. The van der Waals surface area contributed by atoms with Gasteiger partial charge in [-0.05, 0) is 18.6 Å². The number of hydrogen-bond acceptors (Lipinski definition) is 3. The van der Waals surface area contributed by atoms with Crippen LogP contribution in [0.2, 0.25) is 0 Å². The normalized spacial score (nSPS) is 8.86. The Morgan fingerprint density at radius 2 is 1.93 bits per heavy atom. The van der Waals surface area contributed by atoms with Gasteiger partial charge in [0, 0.05) is 5.30 Å². The fourth-order valence-corrected chi connectivity index (χ4v) is 1.30. The van der Waals surface area contributed by atoms with Crippen molar-refractivity contribution >= 4 is 20.2 Å². The van der Waals surface area contributed by atoms with Gasteiger partial charge >= 0.3 is 0 Å². The molecule has 0 aromatic heterocycles. The lowest BCUT2D eigenvalue weighted by molar-refractivity contribution is -0.383. The van der Waals surface area contributed by atoms with Crippen LogP contribution in [0, 0.1) is 17.0 Å². The molecule has 0 saturated heterocycles. The van der Waals surface area contributed by atoms with Crippen LogP contribution < -0.4 is 5.30 Å². The maximum atomic E-state index is 10.4. The van der Waals surface area contributed by atoms with E-state index in [1.807, 2.05) is 13.8 Å². The minimum Gasteiger partial charge on any atom is -0.507 e. The number of rotatable bonds is 1. The van der Waals surface area contributed by atoms with Crippen LogP contribution in [-0.4, -0.2) is 10.0 Å². The largest absolute Gasteiger partial charge is 0.507 e. The van der Waals surface area contributed by atoms with E-state index in [-0.39, 0.29) is 11.4 Å². The van der Waals surface area contributed by atoms with Crippen molar-refractivity contribution in [3.8, 4) is 5.75 Å². The molecule has 1 atom stereocenters. The second-order valence-electron chi connectivity index (χ2n) is 2.45. The average molecular weight is 215 g/mol. The molecule has 1 aromatic carbocycles. The lowest BCUT2D eigenvalue weighted by atomic mass is 10.2. The van der Waals surface area contributed by atoms with Crippen LogP contribution >= 0.6 is 9.24 Å². The first kappa shape index (κ1) is 12.8. The number of benzene rings is 1. The molecule has 0 bridgehead atoms. The molecular weight excluding hydrogens is 201 g/mol. The number of nitro groups is 1. The van der Waals surface area contributed by atoms with Gasteiger partial charge in [0.2, 0.25) is 0 Å². The smallest absolute Gasteiger partial charge is 0.280 e. The molecule has 1 N–H and O–H groups in total. The topological polar surface area (TPSA) is 63.4 Å². The second kappa shape index (κ2) is 5.55. The van der Waals surface area contributed by atoms with Crippen molar-refractivity contribution in [1.29, 1.82) is 0 Å². The molecule has 0 aliphatic carbocycles. The van der Waals surface area contributed by atoms with Crippen LogP contribution in [-0.2, 0) is 0 Å². The van der Waals surface area contributed by atoms with E-state index in [0.717, 1.165) is 6.07 Å². The van der Waals surface area contributed by atoms with Crippen LogP contribution in [0.15, 0.2) is 12.1 Å². The van der Waals surface area contributed by atoms with E-state index < -0.39 is 4.92 Å². The highest BCUT2D eigenvalue weighted by Crippen LogP contribution is 2.22. The molecule has 0 spiro atoms. The van der Waals surface area contributed by atoms with Gasteiger partial charge in [-0.15, -0.1) is 0 Å². The molecule has 0 radical (unpaired) electrons. The maximum absolute atomic E-state index is 10.4. The predicted molar refractivity (Wildman–Crippen MR) is 60.2 cm³/mol. The zero-order valence-corrected chi connectivity index (χ0v) is 9.60. The number of nitro benzene ring substituents is 1. The maximum Gasteiger partial charge on any atom is 0.280 e. The Hall–Kier alpha value is -1.15. The minimum atomic E-state index is -0.526. The van der Waals surface area contributed by atoms with Gasteiger partial charge in [0.05, 0.1) is 11.0 Å². The summed E-state index contributed by atoms with van der Waals surface area (Å²) in [5, 5.41) is 20.0. The van der Waals surface area contributed by atoms with E-state index in [0.29, 0.717) is 10.9 Å². The number of phenols is 1. The molecule has 14 heavy (non-hydrogen) atoms. The SMILES string of the molecule is CC.Cc1cc(P)c([N+](=O)[O-])cc1O. The summed E-state index contributed by atoms with van der Waals surface area (Å²) in [4.78, 5) is 9.84. The van der Waals surface area contributed by atoms with Crippen molar-refractivity contribution in [1.82, 2.24) is 0 Å². The quantitative estimate of drug-likeness (QED) is 0.443. The van der Waals surface area contributed by atoms with Crippen molar-refractivity contribution in [3.05, 3.63) is 27.8 Å². The molecular formula is C9H14NO3P. The molecule has 0 heterocycles. The van der Waals surface area contributed by atoms with Crippen LogP contribution in [0.3, 0.4) is 0 Å². The third-order valence-corrected chi connectivity index (χ3v) is 2.00. The molecule has 78 valence electrons. The van der Waals surface area contributed by atoms with E-state index in [1.165, 1.54) is 0 Å². The molecule has 0 aliphatic rings. The van der Waals surface area contributed by atoms with E-state index in [2.05, 4.69) is 9.24 Å². The van der Waals surface area contributed by atoms with E-state index >= 15 is 0 Å². The predicted octanol–water partition coefficient (Wildman–Crippen LogP) is 2.14. The Morgan fingerprint density at radius 1 is 1.43 bits per heavy atom. The van der Waals surface area contributed by atoms with Gasteiger partial charge in [-0.3, -0.25) is 10.1 Å². The molecule has 5 heteroatoms. The summed E-state index contributed by atoms with van der Waals surface area (Å²) < 4.78 is 0. The summed E-state index contributed by atoms with van der Waals surface area (Å²) in [7, 11) is 2.26. The number of phenolic OH excluding ortho intramolecular Hbond substituents is 1. The van der Waals surface area contributed by atoms with Gasteiger partial charge in [-0.25, -0.2) is 0 Å². The summed E-state index contributed by atoms with van der Waals surface area (Å²) in [5.74, 6) is -0.0482. The van der Waals surface area contributed by atoms with E-state index in [4.69, 9.17) is 5.11 Å². The average Bonchev–Trinajstić information content (AvgIpc) is 2.14. The lowest BCUT2D eigenvalue weighted by Gasteiger charge is -2.00. The second-order valence-corrected chi connectivity index (χ2v) is 3.08. The van der Waals surface area contributed by atoms with Crippen molar-refractivity contribution in [2.24, 2.45) is 0 Å². The highest BCUT2D eigenvalue weighted by molar-refractivity contribution is 7.27. The molecule has 4 nitrogen and oxygen atoms in total. The third kappa shape index (κ3) is 2.96. The van der Waals surface area contributed by atoms with Crippen molar-refractivity contribution in [2.75, 3.05) is 0 Å². The van der Waals surface area contributed by atoms with Gasteiger partial charge in [-0.1, -0.05) is 23.1 Å². The van der Waals surface area contributed by atoms with Gasteiger partial charge in [0.15, 0.2) is 0 Å². The highest BCUT2D eigenvalue weighted by atomic mass is 31.0. The molecule has 0 amide bonds. The van der Waals surface area contributed by atoms with Crippen LogP contribution in [0.25, 0.3) is 0 Å². The fraction of sp³-hybridized carbons (Fsp3) is 0.333. The van der Waals surface area contributed by atoms with Crippen molar-refractivity contribution in [2.45, 2.75) is 20.8 Å². The first-order valence-electron chi connectivity index (χ1n) is 4.26.